The predicted molar refractivity (Wildman–Crippen MR) is 120 cm³/mol. The Labute approximate surface area is 185 Å². The molecule has 0 amide bonds. The third-order valence-electron chi connectivity index (χ3n) is 6.18. The first kappa shape index (κ1) is 22.4. The molecule has 170 valence electrons. The largest absolute Gasteiger partial charge is 0.416 e. The number of benzene rings is 2. The molecule has 4 rings (SSSR count). The SMILES string of the molecule is Cc1[nH]c(-c2ccc(C(F)(F)F)cc2)nc1CC1(NCc2ccc(N)cc2)CCNCC1. The van der Waals surface area contributed by atoms with Crippen LogP contribution in [0.15, 0.2) is 48.5 Å². The van der Waals surface area contributed by atoms with Crippen molar-refractivity contribution in [3.05, 3.63) is 71.0 Å². The summed E-state index contributed by atoms with van der Waals surface area (Å²) in [5, 5.41) is 7.18. The Balaban J connectivity index is 1.52. The molecular formula is C24H28F3N5. The van der Waals surface area contributed by atoms with Crippen molar-refractivity contribution in [2.24, 2.45) is 0 Å². The maximum absolute atomic E-state index is 12.9. The molecule has 1 aliphatic rings. The summed E-state index contributed by atoms with van der Waals surface area (Å²) in [4.78, 5) is 8.02. The number of nitrogens with zero attached hydrogens (tertiary/aromatic N) is 1. The van der Waals surface area contributed by atoms with E-state index in [2.05, 4.69) is 15.6 Å². The summed E-state index contributed by atoms with van der Waals surface area (Å²) in [6.45, 7) is 4.54. The molecule has 1 saturated heterocycles. The zero-order valence-corrected chi connectivity index (χ0v) is 18.0. The number of halogens is 3. The molecular weight excluding hydrogens is 415 g/mol. The van der Waals surface area contributed by atoms with Crippen molar-refractivity contribution in [2.75, 3.05) is 18.8 Å². The summed E-state index contributed by atoms with van der Waals surface area (Å²) >= 11 is 0. The van der Waals surface area contributed by atoms with Gasteiger partial charge >= 0.3 is 6.18 Å². The van der Waals surface area contributed by atoms with Crippen molar-refractivity contribution in [3.8, 4) is 11.4 Å². The minimum Gasteiger partial charge on any atom is -0.399 e. The van der Waals surface area contributed by atoms with Crippen LogP contribution < -0.4 is 16.4 Å². The summed E-state index contributed by atoms with van der Waals surface area (Å²) in [5.41, 5.74) is 9.45. The molecule has 0 unspecified atom stereocenters. The molecule has 1 fully saturated rings. The lowest BCUT2D eigenvalue weighted by Crippen LogP contribution is -2.53. The standard InChI is InChI=1S/C24H28F3N5/c1-16-21(32-22(31-16)18-4-6-19(7-5-18)24(25,26)27)14-23(10-12-29-13-11-23)30-15-17-2-8-20(28)9-3-17/h2-9,29-30H,10-15,28H2,1H3,(H,31,32). The van der Waals surface area contributed by atoms with E-state index in [1.807, 2.05) is 31.2 Å². The highest BCUT2D eigenvalue weighted by atomic mass is 19.4. The molecule has 0 atom stereocenters. The third kappa shape index (κ3) is 5.14. The maximum Gasteiger partial charge on any atom is 0.416 e. The number of imidazole rings is 1. The number of nitrogen functional groups attached to an aromatic ring is 1. The molecule has 0 aliphatic carbocycles. The van der Waals surface area contributed by atoms with E-state index in [0.717, 1.165) is 68.1 Å². The van der Waals surface area contributed by atoms with Gasteiger partial charge in [0.1, 0.15) is 5.82 Å². The van der Waals surface area contributed by atoms with Crippen molar-refractivity contribution in [1.29, 1.82) is 0 Å². The van der Waals surface area contributed by atoms with Gasteiger partial charge in [-0.15, -0.1) is 0 Å². The highest BCUT2D eigenvalue weighted by Crippen LogP contribution is 2.31. The van der Waals surface area contributed by atoms with Gasteiger partial charge in [0.15, 0.2) is 0 Å². The molecule has 1 aromatic heterocycles. The summed E-state index contributed by atoms with van der Waals surface area (Å²) in [6.07, 6.45) is -1.68. The molecule has 5 nitrogen and oxygen atoms in total. The van der Waals surface area contributed by atoms with Crippen LogP contribution in [0.5, 0.6) is 0 Å². The number of rotatable bonds is 6. The molecule has 32 heavy (non-hydrogen) atoms. The maximum atomic E-state index is 12.9. The molecule has 1 aliphatic heterocycles. The predicted octanol–water partition coefficient (Wildman–Crippen LogP) is 4.44. The van der Waals surface area contributed by atoms with Crippen molar-refractivity contribution < 1.29 is 13.2 Å². The Hall–Kier alpha value is -2.84. The Morgan fingerprint density at radius 2 is 1.69 bits per heavy atom. The van der Waals surface area contributed by atoms with Crippen molar-refractivity contribution >= 4 is 5.69 Å². The number of hydrogen-bond acceptors (Lipinski definition) is 4. The van der Waals surface area contributed by atoms with Gasteiger partial charge in [-0.2, -0.15) is 13.2 Å². The Morgan fingerprint density at radius 3 is 2.31 bits per heavy atom. The van der Waals surface area contributed by atoms with Crippen LogP contribution in [0.25, 0.3) is 11.4 Å². The van der Waals surface area contributed by atoms with Gasteiger partial charge in [0.2, 0.25) is 0 Å². The minimum absolute atomic E-state index is 0.107. The average molecular weight is 444 g/mol. The molecule has 0 radical (unpaired) electrons. The van der Waals surface area contributed by atoms with E-state index in [4.69, 9.17) is 10.7 Å². The number of piperidine rings is 1. The monoisotopic (exact) mass is 443 g/mol. The number of hydrogen-bond donors (Lipinski definition) is 4. The van der Waals surface area contributed by atoms with E-state index < -0.39 is 11.7 Å². The number of H-pyrrole nitrogens is 1. The second-order valence-corrected chi connectivity index (χ2v) is 8.53. The van der Waals surface area contributed by atoms with Gasteiger partial charge < -0.3 is 21.4 Å². The fourth-order valence-electron chi connectivity index (χ4n) is 4.19. The molecule has 0 bridgehead atoms. The first-order valence-electron chi connectivity index (χ1n) is 10.8. The second-order valence-electron chi connectivity index (χ2n) is 8.53. The van der Waals surface area contributed by atoms with Crippen LogP contribution in [-0.2, 0) is 19.1 Å². The summed E-state index contributed by atoms with van der Waals surface area (Å²) in [6, 6.07) is 13.0. The lowest BCUT2D eigenvalue weighted by Gasteiger charge is -2.38. The number of nitrogens with one attached hydrogen (secondary N) is 3. The molecule has 0 saturated carbocycles. The normalized spacial score (nSPS) is 16.2. The Bertz CT molecular complexity index is 1030. The zero-order valence-electron chi connectivity index (χ0n) is 18.0. The van der Waals surface area contributed by atoms with E-state index in [9.17, 15) is 13.2 Å². The van der Waals surface area contributed by atoms with Crippen molar-refractivity contribution in [1.82, 2.24) is 20.6 Å². The fraction of sp³-hybridized carbons (Fsp3) is 0.375. The smallest absolute Gasteiger partial charge is 0.399 e. The number of aromatic amines is 1. The van der Waals surface area contributed by atoms with Gasteiger partial charge in [-0.1, -0.05) is 24.3 Å². The van der Waals surface area contributed by atoms with Crippen LogP contribution in [0.4, 0.5) is 18.9 Å². The van der Waals surface area contributed by atoms with E-state index in [1.165, 1.54) is 17.7 Å². The highest BCUT2D eigenvalue weighted by Gasteiger charge is 2.33. The van der Waals surface area contributed by atoms with Crippen LogP contribution in [-0.4, -0.2) is 28.6 Å². The van der Waals surface area contributed by atoms with Gasteiger partial charge in [-0.3, -0.25) is 0 Å². The topological polar surface area (TPSA) is 78.8 Å². The summed E-state index contributed by atoms with van der Waals surface area (Å²) in [7, 11) is 0. The zero-order chi connectivity index (χ0) is 22.8. The molecule has 3 aromatic rings. The quantitative estimate of drug-likeness (QED) is 0.425. The van der Waals surface area contributed by atoms with Gasteiger partial charge in [0.05, 0.1) is 11.3 Å². The van der Waals surface area contributed by atoms with Crippen LogP contribution in [0, 0.1) is 6.92 Å². The van der Waals surface area contributed by atoms with Crippen LogP contribution in [0.3, 0.4) is 0 Å². The first-order valence-corrected chi connectivity index (χ1v) is 10.8. The van der Waals surface area contributed by atoms with E-state index in [0.29, 0.717) is 11.4 Å². The van der Waals surface area contributed by atoms with E-state index >= 15 is 0 Å². The van der Waals surface area contributed by atoms with E-state index in [-0.39, 0.29) is 5.54 Å². The van der Waals surface area contributed by atoms with Gasteiger partial charge in [-0.05, 0) is 62.7 Å². The Morgan fingerprint density at radius 1 is 1.03 bits per heavy atom. The van der Waals surface area contributed by atoms with E-state index in [1.54, 1.807) is 0 Å². The lowest BCUT2D eigenvalue weighted by atomic mass is 9.83. The second kappa shape index (κ2) is 8.96. The summed E-state index contributed by atoms with van der Waals surface area (Å²) < 4.78 is 38.6. The molecule has 5 N–H and O–H groups in total. The molecule has 2 heterocycles. The van der Waals surface area contributed by atoms with Crippen LogP contribution in [0.1, 0.15) is 35.4 Å². The van der Waals surface area contributed by atoms with Crippen molar-refractivity contribution in [3.63, 3.8) is 0 Å². The number of anilines is 1. The van der Waals surface area contributed by atoms with Gasteiger partial charge in [0, 0.05) is 35.4 Å². The number of alkyl halides is 3. The number of nitrogens with two attached hydrogens (primary N) is 1. The lowest BCUT2D eigenvalue weighted by molar-refractivity contribution is -0.137. The van der Waals surface area contributed by atoms with Crippen molar-refractivity contribution in [2.45, 2.75) is 44.4 Å². The highest BCUT2D eigenvalue weighted by molar-refractivity contribution is 5.56. The number of aromatic nitrogens is 2. The van der Waals surface area contributed by atoms with Crippen LogP contribution >= 0.6 is 0 Å². The minimum atomic E-state index is -4.35. The third-order valence-corrected chi connectivity index (χ3v) is 6.18. The fourth-order valence-corrected chi connectivity index (χ4v) is 4.19. The molecule has 2 aromatic carbocycles. The molecule has 8 heteroatoms. The van der Waals surface area contributed by atoms with Gasteiger partial charge in [-0.25, -0.2) is 4.98 Å². The summed E-state index contributed by atoms with van der Waals surface area (Å²) in [5.74, 6) is 0.592. The van der Waals surface area contributed by atoms with Gasteiger partial charge in [0.25, 0.3) is 0 Å². The number of aryl methyl sites for hydroxylation is 1. The van der Waals surface area contributed by atoms with Crippen LogP contribution in [0.2, 0.25) is 0 Å². The molecule has 0 spiro atoms. The Kier molecular flexibility index (Phi) is 6.26. The first-order chi connectivity index (χ1) is 15.2. The average Bonchev–Trinajstić information content (AvgIpc) is 3.13.